The van der Waals surface area contributed by atoms with Crippen molar-refractivity contribution in [2.75, 3.05) is 31.7 Å². The molecule has 1 amide bonds. The molecule has 1 fully saturated rings. The summed E-state index contributed by atoms with van der Waals surface area (Å²) in [6, 6.07) is 12.7. The Bertz CT molecular complexity index is 1310. The Kier molecular flexibility index (Phi) is 6.79. The quantitative estimate of drug-likeness (QED) is 0.541. The minimum Gasteiger partial charge on any atom is -0.452 e. The molecule has 0 radical (unpaired) electrons. The van der Waals surface area contributed by atoms with Crippen LogP contribution in [0.2, 0.25) is 0 Å². The molecule has 0 aliphatic carbocycles. The zero-order valence-electron chi connectivity index (χ0n) is 18.7. The third kappa shape index (κ3) is 5.16. The second-order valence-corrected chi connectivity index (χ2v) is 12.7. The molecule has 2 heterocycles. The minimum absolute atomic E-state index is 0.0360. The standard InChI is InChI=1S/C23H26N2O7S2/c1-24(20-11-13-33(28,29)16-20)22(26)15-32-23(27)18-6-8-21(9-7-18)34(30,31)25-12-10-17-4-2-3-5-19(17)14-25/h2-9,20H,10-16H2,1H3/t20-/m1/s1. The first kappa shape index (κ1) is 24.4. The molecule has 2 aliphatic rings. The van der Waals surface area contributed by atoms with Gasteiger partial charge in [0.1, 0.15) is 0 Å². The van der Waals surface area contributed by atoms with Crippen LogP contribution < -0.4 is 0 Å². The predicted molar refractivity (Wildman–Crippen MR) is 124 cm³/mol. The first-order chi connectivity index (χ1) is 16.1. The molecule has 0 saturated carbocycles. The van der Waals surface area contributed by atoms with Crippen molar-refractivity contribution in [1.29, 1.82) is 0 Å². The van der Waals surface area contributed by atoms with Crippen LogP contribution in [0.5, 0.6) is 0 Å². The Hall–Kier alpha value is -2.76. The van der Waals surface area contributed by atoms with Crippen molar-refractivity contribution in [2.45, 2.75) is 30.3 Å². The van der Waals surface area contributed by atoms with Gasteiger partial charge in [0.2, 0.25) is 10.0 Å². The van der Waals surface area contributed by atoms with Gasteiger partial charge in [-0.1, -0.05) is 24.3 Å². The Morgan fingerprint density at radius 3 is 2.41 bits per heavy atom. The molecule has 2 aliphatic heterocycles. The van der Waals surface area contributed by atoms with E-state index in [-0.39, 0.29) is 22.0 Å². The van der Waals surface area contributed by atoms with Crippen LogP contribution in [0, 0.1) is 0 Å². The molecular formula is C23H26N2O7S2. The van der Waals surface area contributed by atoms with E-state index in [9.17, 15) is 26.4 Å². The van der Waals surface area contributed by atoms with Crippen molar-refractivity contribution in [3.63, 3.8) is 0 Å². The van der Waals surface area contributed by atoms with E-state index in [2.05, 4.69) is 0 Å². The second kappa shape index (κ2) is 9.47. The first-order valence-electron chi connectivity index (χ1n) is 10.9. The van der Waals surface area contributed by atoms with Crippen molar-refractivity contribution < 1.29 is 31.2 Å². The summed E-state index contributed by atoms with van der Waals surface area (Å²) >= 11 is 0. The fourth-order valence-corrected chi connectivity index (χ4v) is 7.38. The highest BCUT2D eigenvalue weighted by atomic mass is 32.2. The van der Waals surface area contributed by atoms with E-state index in [1.165, 1.54) is 40.5 Å². The van der Waals surface area contributed by atoms with Crippen molar-refractivity contribution in [1.82, 2.24) is 9.21 Å². The number of sulfone groups is 1. The maximum atomic E-state index is 13.1. The van der Waals surface area contributed by atoms with Gasteiger partial charge in [0.25, 0.3) is 5.91 Å². The lowest BCUT2D eigenvalue weighted by Gasteiger charge is -2.28. The van der Waals surface area contributed by atoms with Gasteiger partial charge in [-0.05, 0) is 48.2 Å². The number of fused-ring (bicyclic) bond motifs is 1. The zero-order chi connectivity index (χ0) is 24.5. The number of ether oxygens (including phenoxy) is 1. The van der Waals surface area contributed by atoms with Crippen LogP contribution in [0.15, 0.2) is 53.4 Å². The molecule has 1 atom stereocenters. The Labute approximate surface area is 199 Å². The Morgan fingerprint density at radius 1 is 1.09 bits per heavy atom. The molecule has 0 N–H and O–H groups in total. The SMILES string of the molecule is CN(C(=O)COC(=O)c1ccc(S(=O)(=O)N2CCc3ccccc3C2)cc1)[C@@H]1CCS(=O)(=O)C1. The molecule has 0 bridgehead atoms. The number of rotatable bonds is 6. The summed E-state index contributed by atoms with van der Waals surface area (Å²) in [5.74, 6) is -1.33. The van der Waals surface area contributed by atoms with Crippen LogP contribution in [0.25, 0.3) is 0 Å². The smallest absolute Gasteiger partial charge is 0.338 e. The monoisotopic (exact) mass is 506 g/mol. The molecule has 2 aromatic carbocycles. The van der Waals surface area contributed by atoms with Crippen LogP contribution in [0.3, 0.4) is 0 Å². The van der Waals surface area contributed by atoms with E-state index in [0.717, 1.165) is 11.1 Å². The van der Waals surface area contributed by atoms with E-state index >= 15 is 0 Å². The van der Waals surface area contributed by atoms with Gasteiger partial charge in [0, 0.05) is 26.2 Å². The number of hydrogen-bond donors (Lipinski definition) is 0. The summed E-state index contributed by atoms with van der Waals surface area (Å²) in [7, 11) is -5.39. The lowest BCUT2D eigenvalue weighted by atomic mass is 10.0. The minimum atomic E-state index is -3.73. The molecule has 11 heteroatoms. The van der Waals surface area contributed by atoms with Gasteiger partial charge >= 0.3 is 5.97 Å². The number of nitrogens with zero attached hydrogens (tertiary/aromatic N) is 2. The molecule has 34 heavy (non-hydrogen) atoms. The highest BCUT2D eigenvalue weighted by Crippen LogP contribution is 2.25. The molecule has 2 aromatic rings. The average molecular weight is 507 g/mol. The van der Waals surface area contributed by atoms with Gasteiger partial charge in [0.05, 0.1) is 22.0 Å². The summed E-state index contributed by atoms with van der Waals surface area (Å²) in [4.78, 5) is 26.0. The van der Waals surface area contributed by atoms with E-state index < -0.39 is 44.4 Å². The Balaban J connectivity index is 1.36. The summed E-state index contributed by atoms with van der Waals surface area (Å²) in [5, 5.41) is 0. The highest BCUT2D eigenvalue weighted by molar-refractivity contribution is 7.91. The van der Waals surface area contributed by atoms with E-state index in [0.29, 0.717) is 25.9 Å². The summed E-state index contributed by atoms with van der Waals surface area (Å²) in [5.41, 5.74) is 2.23. The van der Waals surface area contributed by atoms with Gasteiger partial charge < -0.3 is 9.64 Å². The number of benzene rings is 2. The number of amides is 1. The number of esters is 1. The second-order valence-electron chi connectivity index (χ2n) is 8.52. The van der Waals surface area contributed by atoms with Crippen LogP contribution in [-0.4, -0.2) is 75.7 Å². The summed E-state index contributed by atoms with van der Waals surface area (Å²) < 4.78 is 55.8. The predicted octanol–water partition coefficient (Wildman–Crippen LogP) is 1.24. The topological polar surface area (TPSA) is 118 Å². The van der Waals surface area contributed by atoms with Crippen LogP contribution >= 0.6 is 0 Å². The molecule has 0 spiro atoms. The van der Waals surface area contributed by atoms with E-state index in [1.54, 1.807) is 0 Å². The normalized spacial score (nSPS) is 19.9. The number of sulfonamides is 1. The van der Waals surface area contributed by atoms with E-state index in [1.807, 2.05) is 24.3 Å². The maximum Gasteiger partial charge on any atom is 0.338 e. The van der Waals surface area contributed by atoms with Crippen molar-refractivity contribution in [2.24, 2.45) is 0 Å². The van der Waals surface area contributed by atoms with Gasteiger partial charge in [0.15, 0.2) is 16.4 Å². The highest BCUT2D eigenvalue weighted by Gasteiger charge is 2.33. The van der Waals surface area contributed by atoms with Crippen LogP contribution in [0.1, 0.15) is 27.9 Å². The lowest BCUT2D eigenvalue weighted by Crippen LogP contribution is -2.40. The van der Waals surface area contributed by atoms with Crippen molar-refractivity contribution in [3.05, 3.63) is 65.2 Å². The lowest BCUT2D eigenvalue weighted by molar-refractivity contribution is -0.134. The Morgan fingerprint density at radius 2 is 1.76 bits per heavy atom. The largest absolute Gasteiger partial charge is 0.452 e. The fraction of sp³-hybridized carbons (Fsp3) is 0.391. The molecule has 4 rings (SSSR count). The van der Waals surface area contributed by atoms with Crippen LogP contribution in [-0.2, 0) is 42.4 Å². The maximum absolute atomic E-state index is 13.1. The first-order valence-corrected chi connectivity index (χ1v) is 14.1. The number of likely N-dealkylation sites (N-methyl/N-ethyl adjacent to an activating group) is 1. The van der Waals surface area contributed by atoms with Crippen LogP contribution in [0.4, 0.5) is 0 Å². The number of carbonyl (C=O) groups excluding carboxylic acids is 2. The third-order valence-corrected chi connectivity index (χ3v) is 9.91. The molecule has 0 aromatic heterocycles. The zero-order valence-corrected chi connectivity index (χ0v) is 20.3. The van der Waals surface area contributed by atoms with Crippen molar-refractivity contribution in [3.8, 4) is 0 Å². The third-order valence-electron chi connectivity index (χ3n) is 6.30. The molecule has 9 nitrogen and oxygen atoms in total. The molecular weight excluding hydrogens is 480 g/mol. The number of carbonyl (C=O) groups is 2. The fourth-order valence-electron chi connectivity index (χ4n) is 4.18. The van der Waals surface area contributed by atoms with Gasteiger partial charge in [-0.15, -0.1) is 0 Å². The number of hydrogen-bond acceptors (Lipinski definition) is 7. The van der Waals surface area contributed by atoms with Gasteiger partial charge in [-0.3, -0.25) is 4.79 Å². The molecule has 1 saturated heterocycles. The van der Waals surface area contributed by atoms with Gasteiger partial charge in [-0.2, -0.15) is 4.31 Å². The molecule has 0 unspecified atom stereocenters. The molecule has 182 valence electrons. The summed E-state index contributed by atoms with van der Waals surface area (Å²) in [6.07, 6.45) is 0.992. The average Bonchev–Trinajstić information content (AvgIpc) is 3.21. The van der Waals surface area contributed by atoms with Crippen molar-refractivity contribution >= 4 is 31.7 Å². The van der Waals surface area contributed by atoms with E-state index in [4.69, 9.17) is 4.74 Å². The van der Waals surface area contributed by atoms with Gasteiger partial charge in [-0.25, -0.2) is 21.6 Å². The summed E-state index contributed by atoms with van der Waals surface area (Å²) in [6.45, 7) is 0.139.